The van der Waals surface area contributed by atoms with Crippen LogP contribution in [0.25, 0.3) is 10.8 Å². The number of likely N-dealkylation sites (N-methyl/N-ethyl adjacent to an activating group) is 1. The Bertz CT molecular complexity index is 961. The molecule has 3 aromatic rings. The SMILES string of the molecule is CCOc1ccc(CN(C)C(=O)COC(=O)c2cccc3ccccc23)cc1. The molecule has 28 heavy (non-hydrogen) atoms. The molecule has 0 aliphatic rings. The van der Waals surface area contributed by atoms with E-state index in [9.17, 15) is 9.59 Å². The van der Waals surface area contributed by atoms with Crippen LogP contribution in [0.15, 0.2) is 66.7 Å². The van der Waals surface area contributed by atoms with E-state index in [0.717, 1.165) is 22.1 Å². The van der Waals surface area contributed by atoms with Gasteiger partial charge < -0.3 is 14.4 Å². The molecule has 0 atom stereocenters. The number of hydrogen-bond donors (Lipinski definition) is 0. The molecule has 0 radical (unpaired) electrons. The molecular formula is C23H23NO4. The summed E-state index contributed by atoms with van der Waals surface area (Å²) in [4.78, 5) is 26.3. The van der Waals surface area contributed by atoms with Crippen molar-refractivity contribution in [3.63, 3.8) is 0 Å². The molecule has 0 aliphatic heterocycles. The van der Waals surface area contributed by atoms with Crippen molar-refractivity contribution in [2.75, 3.05) is 20.3 Å². The van der Waals surface area contributed by atoms with Crippen LogP contribution in [0.5, 0.6) is 5.75 Å². The van der Waals surface area contributed by atoms with Crippen LogP contribution in [-0.2, 0) is 16.1 Å². The highest BCUT2D eigenvalue weighted by Crippen LogP contribution is 2.19. The summed E-state index contributed by atoms with van der Waals surface area (Å²) in [5, 5.41) is 1.76. The summed E-state index contributed by atoms with van der Waals surface area (Å²) in [7, 11) is 1.69. The molecule has 0 aliphatic carbocycles. The van der Waals surface area contributed by atoms with Crippen molar-refractivity contribution in [2.45, 2.75) is 13.5 Å². The van der Waals surface area contributed by atoms with E-state index in [-0.39, 0.29) is 12.5 Å². The third-order valence-electron chi connectivity index (χ3n) is 4.42. The smallest absolute Gasteiger partial charge is 0.339 e. The van der Waals surface area contributed by atoms with Gasteiger partial charge in [0.2, 0.25) is 0 Å². The van der Waals surface area contributed by atoms with Crippen LogP contribution in [0, 0.1) is 0 Å². The number of fused-ring (bicyclic) bond motifs is 1. The summed E-state index contributed by atoms with van der Waals surface area (Å²) in [6.45, 7) is 2.67. The summed E-state index contributed by atoms with van der Waals surface area (Å²) in [5.41, 5.74) is 1.43. The van der Waals surface area contributed by atoms with Gasteiger partial charge in [0.05, 0.1) is 12.2 Å². The third kappa shape index (κ3) is 4.68. The van der Waals surface area contributed by atoms with Gasteiger partial charge in [0.15, 0.2) is 6.61 Å². The molecule has 3 rings (SSSR count). The minimum absolute atomic E-state index is 0.262. The first-order chi connectivity index (χ1) is 13.6. The highest BCUT2D eigenvalue weighted by Gasteiger charge is 2.15. The zero-order valence-electron chi connectivity index (χ0n) is 16.1. The van der Waals surface area contributed by atoms with Crippen LogP contribution in [0.2, 0.25) is 0 Å². The number of carbonyl (C=O) groups is 2. The average molecular weight is 377 g/mol. The summed E-state index contributed by atoms with van der Waals surface area (Å²) in [6, 6.07) is 20.6. The van der Waals surface area contributed by atoms with Gasteiger partial charge in [-0.1, -0.05) is 48.5 Å². The molecule has 0 fully saturated rings. The number of ether oxygens (including phenoxy) is 2. The minimum atomic E-state index is -0.500. The Morgan fingerprint density at radius 3 is 2.39 bits per heavy atom. The van der Waals surface area contributed by atoms with Gasteiger partial charge in [-0.05, 0) is 41.5 Å². The Kier molecular flexibility index (Phi) is 6.27. The quantitative estimate of drug-likeness (QED) is 0.583. The van der Waals surface area contributed by atoms with Gasteiger partial charge in [0.25, 0.3) is 5.91 Å². The Morgan fingerprint density at radius 2 is 1.64 bits per heavy atom. The molecule has 0 aromatic heterocycles. The summed E-state index contributed by atoms with van der Waals surface area (Å²) >= 11 is 0. The second-order valence-electron chi connectivity index (χ2n) is 6.43. The van der Waals surface area contributed by atoms with Crippen molar-refractivity contribution in [2.24, 2.45) is 0 Å². The first-order valence-electron chi connectivity index (χ1n) is 9.19. The topological polar surface area (TPSA) is 55.8 Å². The minimum Gasteiger partial charge on any atom is -0.494 e. The second-order valence-corrected chi connectivity index (χ2v) is 6.43. The maximum absolute atomic E-state index is 12.4. The second kappa shape index (κ2) is 9.04. The molecule has 5 heteroatoms. The molecule has 0 saturated heterocycles. The molecule has 144 valence electrons. The molecule has 0 heterocycles. The van der Waals surface area contributed by atoms with E-state index in [1.54, 1.807) is 19.2 Å². The summed E-state index contributed by atoms with van der Waals surface area (Å²) < 4.78 is 10.7. The monoisotopic (exact) mass is 377 g/mol. The normalized spacial score (nSPS) is 10.5. The number of carbonyl (C=O) groups excluding carboxylic acids is 2. The summed E-state index contributed by atoms with van der Waals surface area (Å²) in [5.74, 6) is 0.0336. The number of amides is 1. The largest absolute Gasteiger partial charge is 0.494 e. The molecule has 0 N–H and O–H groups in total. The highest BCUT2D eigenvalue weighted by atomic mass is 16.5. The fraction of sp³-hybridized carbons (Fsp3) is 0.217. The molecule has 1 amide bonds. The van der Waals surface area contributed by atoms with Gasteiger partial charge in [-0.3, -0.25) is 4.79 Å². The van der Waals surface area contributed by atoms with E-state index in [1.165, 1.54) is 4.90 Å². The van der Waals surface area contributed by atoms with Gasteiger partial charge in [-0.25, -0.2) is 4.79 Å². The van der Waals surface area contributed by atoms with Crippen LogP contribution in [-0.4, -0.2) is 37.0 Å². The first-order valence-corrected chi connectivity index (χ1v) is 9.19. The zero-order valence-corrected chi connectivity index (χ0v) is 16.1. The molecule has 0 unspecified atom stereocenters. The highest BCUT2D eigenvalue weighted by molar-refractivity contribution is 6.04. The van der Waals surface area contributed by atoms with E-state index in [2.05, 4.69) is 0 Å². The van der Waals surface area contributed by atoms with Crippen molar-refractivity contribution in [1.82, 2.24) is 4.90 Å². The Morgan fingerprint density at radius 1 is 0.929 bits per heavy atom. The van der Waals surface area contributed by atoms with E-state index in [1.807, 2.05) is 61.5 Å². The zero-order chi connectivity index (χ0) is 19.9. The average Bonchev–Trinajstić information content (AvgIpc) is 2.73. The van der Waals surface area contributed by atoms with Crippen LogP contribution in [0.1, 0.15) is 22.8 Å². The molecule has 0 saturated carbocycles. The van der Waals surface area contributed by atoms with E-state index in [4.69, 9.17) is 9.47 Å². The van der Waals surface area contributed by atoms with Crippen molar-refractivity contribution >= 4 is 22.6 Å². The number of rotatable bonds is 7. The van der Waals surface area contributed by atoms with Gasteiger partial charge in [0.1, 0.15) is 5.75 Å². The maximum Gasteiger partial charge on any atom is 0.339 e. The lowest BCUT2D eigenvalue weighted by molar-refractivity contribution is -0.133. The molecule has 3 aromatic carbocycles. The fourth-order valence-electron chi connectivity index (χ4n) is 2.94. The Labute approximate surface area is 164 Å². The van der Waals surface area contributed by atoms with Crippen LogP contribution in [0.3, 0.4) is 0 Å². The van der Waals surface area contributed by atoms with Gasteiger partial charge >= 0.3 is 5.97 Å². The van der Waals surface area contributed by atoms with E-state index < -0.39 is 5.97 Å². The van der Waals surface area contributed by atoms with Crippen molar-refractivity contribution < 1.29 is 19.1 Å². The maximum atomic E-state index is 12.4. The molecular weight excluding hydrogens is 354 g/mol. The number of esters is 1. The van der Waals surface area contributed by atoms with Gasteiger partial charge in [-0.15, -0.1) is 0 Å². The number of hydrogen-bond acceptors (Lipinski definition) is 4. The fourth-order valence-corrected chi connectivity index (χ4v) is 2.94. The van der Waals surface area contributed by atoms with Crippen molar-refractivity contribution in [3.8, 4) is 5.75 Å². The lowest BCUT2D eigenvalue weighted by Gasteiger charge is -2.17. The van der Waals surface area contributed by atoms with Crippen molar-refractivity contribution in [3.05, 3.63) is 77.9 Å². The van der Waals surface area contributed by atoms with Crippen molar-refractivity contribution in [1.29, 1.82) is 0 Å². The lowest BCUT2D eigenvalue weighted by Crippen LogP contribution is -2.30. The standard InChI is InChI=1S/C23H23NO4/c1-3-27-19-13-11-17(12-14-19)15-24(2)22(25)16-28-23(26)21-10-6-8-18-7-4-5-9-20(18)21/h4-14H,3,15-16H2,1-2H3. The molecule has 0 bridgehead atoms. The number of benzene rings is 3. The van der Waals surface area contributed by atoms with Gasteiger partial charge in [0, 0.05) is 13.6 Å². The van der Waals surface area contributed by atoms with Crippen LogP contribution >= 0.6 is 0 Å². The lowest BCUT2D eigenvalue weighted by atomic mass is 10.1. The Balaban J connectivity index is 1.57. The van der Waals surface area contributed by atoms with E-state index in [0.29, 0.717) is 18.7 Å². The van der Waals surface area contributed by atoms with E-state index >= 15 is 0 Å². The van der Waals surface area contributed by atoms with Gasteiger partial charge in [-0.2, -0.15) is 0 Å². The first kappa shape index (κ1) is 19.4. The summed E-state index contributed by atoms with van der Waals surface area (Å²) in [6.07, 6.45) is 0. The van der Waals surface area contributed by atoms with Crippen LogP contribution < -0.4 is 4.74 Å². The molecule has 0 spiro atoms. The molecule has 5 nitrogen and oxygen atoms in total. The predicted octanol–water partition coefficient (Wildman–Crippen LogP) is 4.05. The number of nitrogens with zero attached hydrogens (tertiary/aromatic N) is 1. The van der Waals surface area contributed by atoms with Crippen LogP contribution in [0.4, 0.5) is 0 Å². The predicted molar refractivity (Wildman–Crippen MR) is 108 cm³/mol. The third-order valence-corrected chi connectivity index (χ3v) is 4.42. The Hall–Kier alpha value is -3.34.